The van der Waals surface area contributed by atoms with Gasteiger partial charge in [0, 0.05) is 5.92 Å². The Balaban J connectivity index is 2.00. The lowest BCUT2D eigenvalue weighted by atomic mass is 9.83. The maximum Gasteiger partial charge on any atom is 0.505 e. The predicted octanol–water partition coefficient (Wildman–Crippen LogP) is 6.81. The third kappa shape index (κ3) is 7.46. The Bertz CT molecular complexity index is 666. The molecule has 3 nitrogen and oxygen atoms in total. The molecule has 1 unspecified atom stereocenters. The van der Waals surface area contributed by atoms with Crippen molar-refractivity contribution < 1.29 is 14.6 Å². The van der Waals surface area contributed by atoms with E-state index in [1.807, 2.05) is 0 Å². The molecule has 0 radical (unpaired) electrons. The van der Waals surface area contributed by atoms with E-state index >= 15 is 0 Å². The summed E-state index contributed by atoms with van der Waals surface area (Å²) in [6.07, 6.45) is 7.56. The number of carbonyl (C=O) groups is 1. The number of aryl methyl sites for hydroxylation is 1. The van der Waals surface area contributed by atoms with Crippen molar-refractivity contribution in [1.29, 1.82) is 0 Å². The van der Waals surface area contributed by atoms with Crippen LogP contribution in [0.4, 0.5) is 4.79 Å². The minimum absolute atomic E-state index is 0.303. The molecule has 0 fully saturated rings. The lowest BCUT2D eigenvalue weighted by Gasteiger charge is -2.21. The van der Waals surface area contributed by atoms with Crippen molar-refractivity contribution in [2.24, 2.45) is 0 Å². The normalized spacial score (nSPS) is 11.9. The van der Waals surface area contributed by atoms with Gasteiger partial charge in [-0.2, -0.15) is 0 Å². The molecule has 0 heterocycles. The van der Waals surface area contributed by atoms with E-state index in [0.29, 0.717) is 12.5 Å². The van der Waals surface area contributed by atoms with Gasteiger partial charge in [-0.05, 0) is 42.4 Å². The van der Waals surface area contributed by atoms with Crippen LogP contribution in [0.5, 0.6) is 0 Å². The topological polar surface area (TPSA) is 46.5 Å². The standard InChI is InChI=1S/C24H32O3/c1-2-3-13-20-16-10-11-18-23(20)22(21-14-7-6-8-15-21)17-9-4-5-12-19-27-24(25)26/h6-8,10-11,14-16,18,22H,2-5,9,12-13,17,19H2,1H3,(H,25,26). The molecule has 0 saturated carbocycles. The summed E-state index contributed by atoms with van der Waals surface area (Å²) in [5.41, 5.74) is 4.32. The molecule has 27 heavy (non-hydrogen) atoms. The molecule has 2 aromatic rings. The van der Waals surface area contributed by atoms with Gasteiger partial charge < -0.3 is 9.84 Å². The minimum atomic E-state index is -1.18. The Kier molecular flexibility index (Phi) is 9.47. The van der Waals surface area contributed by atoms with Gasteiger partial charge in [0.1, 0.15) is 0 Å². The quantitative estimate of drug-likeness (QED) is 0.331. The fourth-order valence-electron chi connectivity index (χ4n) is 3.62. The number of hydrogen-bond acceptors (Lipinski definition) is 2. The highest BCUT2D eigenvalue weighted by Crippen LogP contribution is 2.33. The lowest BCUT2D eigenvalue weighted by Crippen LogP contribution is -2.06. The average molecular weight is 369 g/mol. The molecule has 0 bridgehead atoms. The van der Waals surface area contributed by atoms with Crippen molar-refractivity contribution in [1.82, 2.24) is 0 Å². The van der Waals surface area contributed by atoms with Gasteiger partial charge in [-0.1, -0.05) is 87.2 Å². The van der Waals surface area contributed by atoms with Crippen molar-refractivity contribution >= 4 is 6.16 Å². The monoisotopic (exact) mass is 368 g/mol. The molecule has 0 aromatic heterocycles. The molecule has 146 valence electrons. The smallest absolute Gasteiger partial charge is 0.450 e. The zero-order chi connectivity index (χ0) is 19.3. The predicted molar refractivity (Wildman–Crippen MR) is 110 cm³/mol. The highest BCUT2D eigenvalue weighted by Gasteiger charge is 2.16. The lowest BCUT2D eigenvalue weighted by molar-refractivity contribution is 0.0899. The van der Waals surface area contributed by atoms with E-state index in [1.165, 1.54) is 29.5 Å². The van der Waals surface area contributed by atoms with E-state index in [2.05, 4.69) is 66.3 Å². The van der Waals surface area contributed by atoms with Gasteiger partial charge in [0.2, 0.25) is 0 Å². The summed E-state index contributed by atoms with van der Waals surface area (Å²) in [6.45, 7) is 2.54. The molecular formula is C24H32O3. The summed E-state index contributed by atoms with van der Waals surface area (Å²) < 4.78 is 4.58. The number of rotatable bonds is 12. The van der Waals surface area contributed by atoms with Gasteiger partial charge in [0.05, 0.1) is 6.61 Å². The Labute approximate surface area is 163 Å². The second kappa shape index (κ2) is 12.2. The number of ether oxygens (including phenoxy) is 1. The first-order valence-corrected chi connectivity index (χ1v) is 10.2. The summed E-state index contributed by atoms with van der Waals surface area (Å²) in [5, 5.41) is 8.51. The number of hydrogen-bond donors (Lipinski definition) is 1. The molecular weight excluding hydrogens is 336 g/mol. The van der Waals surface area contributed by atoms with Gasteiger partial charge in [-0.25, -0.2) is 4.79 Å². The third-order valence-electron chi connectivity index (χ3n) is 5.04. The summed E-state index contributed by atoms with van der Waals surface area (Å²) in [6, 6.07) is 19.7. The van der Waals surface area contributed by atoms with E-state index in [1.54, 1.807) is 0 Å². The Morgan fingerprint density at radius 3 is 2.37 bits per heavy atom. The van der Waals surface area contributed by atoms with Crippen LogP contribution >= 0.6 is 0 Å². The highest BCUT2D eigenvalue weighted by atomic mass is 16.7. The number of unbranched alkanes of at least 4 members (excludes halogenated alkanes) is 4. The molecule has 0 saturated heterocycles. The SMILES string of the molecule is CCCCc1ccccc1C(CCCCCCOC(=O)O)c1ccccc1. The van der Waals surface area contributed by atoms with Crippen molar-refractivity contribution in [2.75, 3.05) is 6.61 Å². The molecule has 0 aliphatic heterocycles. The fraction of sp³-hybridized carbons (Fsp3) is 0.458. The molecule has 1 atom stereocenters. The van der Waals surface area contributed by atoms with Crippen LogP contribution in [0.1, 0.15) is 74.5 Å². The van der Waals surface area contributed by atoms with Gasteiger partial charge >= 0.3 is 6.16 Å². The second-order valence-corrected chi connectivity index (χ2v) is 7.08. The summed E-state index contributed by atoms with van der Waals surface area (Å²) in [5.74, 6) is 0.425. The molecule has 0 aliphatic carbocycles. The van der Waals surface area contributed by atoms with Crippen LogP contribution in [0.15, 0.2) is 54.6 Å². The number of carboxylic acid groups (broad SMARTS) is 1. The van der Waals surface area contributed by atoms with Crippen LogP contribution < -0.4 is 0 Å². The van der Waals surface area contributed by atoms with Crippen LogP contribution in [0, 0.1) is 0 Å². The van der Waals surface area contributed by atoms with Gasteiger partial charge in [-0.3, -0.25) is 0 Å². The van der Waals surface area contributed by atoms with Crippen LogP contribution in [0.2, 0.25) is 0 Å². The highest BCUT2D eigenvalue weighted by molar-refractivity contribution is 5.56. The first kappa shape index (κ1) is 21.0. The first-order chi connectivity index (χ1) is 13.2. The maximum atomic E-state index is 10.4. The molecule has 0 amide bonds. The molecule has 2 aromatic carbocycles. The zero-order valence-corrected chi connectivity index (χ0v) is 16.4. The summed E-state index contributed by atoms with van der Waals surface area (Å²) >= 11 is 0. The first-order valence-electron chi connectivity index (χ1n) is 10.2. The van der Waals surface area contributed by atoms with Crippen molar-refractivity contribution in [3.63, 3.8) is 0 Å². The van der Waals surface area contributed by atoms with Gasteiger partial charge in [0.15, 0.2) is 0 Å². The van der Waals surface area contributed by atoms with E-state index in [4.69, 9.17) is 5.11 Å². The van der Waals surface area contributed by atoms with Crippen molar-refractivity contribution in [2.45, 2.75) is 64.2 Å². The fourth-order valence-corrected chi connectivity index (χ4v) is 3.62. The third-order valence-corrected chi connectivity index (χ3v) is 5.04. The molecule has 1 N–H and O–H groups in total. The minimum Gasteiger partial charge on any atom is -0.450 e. The molecule has 0 spiro atoms. The summed E-state index contributed by atoms with van der Waals surface area (Å²) in [4.78, 5) is 10.4. The van der Waals surface area contributed by atoms with Crippen LogP contribution in [0.25, 0.3) is 0 Å². The van der Waals surface area contributed by atoms with E-state index in [0.717, 1.165) is 38.5 Å². The largest absolute Gasteiger partial charge is 0.505 e. The van der Waals surface area contributed by atoms with Gasteiger partial charge in [-0.15, -0.1) is 0 Å². The molecule has 0 aliphatic rings. The van der Waals surface area contributed by atoms with Crippen molar-refractivity contribution in [3.05, 3.63) is 71.3 Å². The second-order valence-electron chi connectivity index (χ2n) is 7.08. The summed E-state index contributed by atoms with van der Waals surface area (Å²) in [7, 11) is 0. The van der Waals surface area contributed by atoms with Crippen molar-refractivity contribution in [3.8, 4) is 0 Å². The Morgan fingerprint density at radius 1 is 0.926 bits per heavy atom. The Morgan fingerprint density at radius 2 is 1.63 bits per heavy atom. The van der Waals surface area contributed by atoms with E-state index in [-0.39, 0.29) is 0 Å². The molecule has 2 rings (SSSR count). The maximum absolute atomic E-state index is 10.4. The van der Waals surface area contributed by atoms with Crippen LogP contribution in [0.3, 0.4) is 0 Å². The van der Waals surface area contributed by atoms with Gasteiger partial charge in [0.25, 0.3) is 0 Å². The molecule has 3 heteroatoms. The van der Waals surface area contributed by atoms with E-state index in [9.17, 15) is 4.79 Å². The van der Waals surface area contributed by atoms with Crippen LogP contribution in [-0.2, 0) is 11.2 Å². The number of benzene rings is 2. The average Bonchev–Trinajstić information content (AvgIpc) is 2.69. The Hall–Kier alpha value is -2.29. The van der Waals surface area contributed by atoms with Crippen LogP contribution in [-0.4, -0.2) is 17.9 Å². The van der Waals surface area contributed by atoms with E-state index < -0.39 is 6.16 Å². The zero-order valence-electron chi connectivity index (χ0n) is 16.4.